The summed E-state index contributed by atoms with van der Waals surface area (Å²) < 4.78 is 23.1. The normalized spacial score (nSPS) is 12.9. The summed E-state index contributed by atoms with van der Waals surface area (Å²) in [5.41, 5.74) is 0.694. The molecule has 3 nitrogen and oxygen atoms in total. The predicted octanol–water partition coefficient (Wildman–Crippen LogP) is 12.3. The SMILES string of the molecule is CC(C)[Si](Oc1c2ccccc2cc2ccccc12)(O[Si](Oc1c2ccccc2cc2ccccc12)(C(C)C)C(C)C)C(C)C. The molecular formula is C40H46O3Si2. The minimum atomic E-state index is -3.04. The molecular weight excluding hydrogens is 585 g/mol. The Kier molecular flexibility index (Phi) is 8.55. The van der Waals surface area contributed by atoms with Gasteiger partial charge in [0, 0.05) is 43.7 Å². The van der Waals surface area contributed by atoms with Crippen molar-refractivity contribution in [2.45, 2.75) is 77.6 Å². The summed E-state index contributed by atoms with van der Waals surface area (Å²) in [5, 5.41) is 9.21. The van der Waals surface area contributed by atoms with Crippen LogP contribution in [0.2, 0.25) is 22.2 Å². The highest BCUT2D eigenvalue weighted by Gasteiger charge is 2.59. The highest BCUT2D eigenvalue weighted by molar-refractivity contribution is 6.84. The van der Waals surface area contributed by atoms with E-state index in [-0.39, 0.29) is 22.2 Å². The van der Waals surface area contributed by atoms with Crippen LogP contribution >= 0.6 is 0 Å². The van der Waals surface area contributed by atoms with E-state index in [4.69, 9.17) is 13.0 Å². The average Bonchev–Trinajstić information content (AvgIpc) is 3.02. The molecule has 6 aromatic carbocycles. The van der Waals surface area contributed by atoms with Gasteiger partial charge in [0.15, 0.2) is 0 Å². The summed E-state index contributed by atoms with van der Waals surface area (Å²) in [7, 11) is -6.08. The summed E-state index contributed by atoms with van der Waals surface area (Å²) >= 11 is 0. The van der Waals surface area contributed by atoms with Crippen LogP contribution in [0.25, 0.3) is 43.1 Å². The van der Waals surface area contributed by atoms with Crippen LogP contribution in [0.1, 0.15) is 55.4 Å². The maximum absolute atomic E-state index is 7.91. The minimum Gasteiger partial charge on any atom is -0.519 e. The molecule has 5 heteroatoms. The fraction of sp³-hybridized carbons (Fsp3) is 0.300. The standard InChI is InChI=1S/C40H46O3Si2/c1-27(2)44(28(3)4,41-39-35-21-13-9-17-31(35)25-32-18-10-14-22-36(32)39)43-45(29(5)6,30(7)8)42-40-37-23-15-11-19-33(37)26-34-20-12-16-24-38(34)40/h9-30H,1-8H3. The Morgan fingerprint density at radius 2 is 0.622 bits per heavy atom. The molecule has 232 valence electrons. The van der Waals surface area contributed by atoms with E-state index in [1.165, 1.54) is 21.5 Å². The molecule has 0 unspecified atom stereocenters. The molecule has 0 saturated heterocycles. The molecule has 0 aliphatic carbocycles. The minimum absolute atomic E-state index is 0.174. The molecule has 0 N–H and O–H groups in total. The monoisotopic (exact) mass is 630 g/mol. The molecule has 0 amide bonds. The fourth-order valence-corrected chi connectivity index (χ4v) is 17.8. The van der Waals surface area contributed by atoms with E-state index in [1.807, 2.05) is 0 Å². The lowest BCUT2D eigenvalue weighted by Crippen LogP contribution is -2.64. The Balaban J connectivity index is 1.57. The van der Waals surface area contributed by atoms with Gasteiger partial charge in [0.2, 0.25) is 0 Å². The van der Waals surface area contributed by atoms with Crippen molar-refractivity contribution in [2.24, 2.45) is 0 Å². The third-order valence-corrected chi connectivity index (χ3v) is 19.5. The van der Waals surface area contributed by atoms with Gasteiger partial charge < -0.3 is 13.0 Å². The molecule has 0 heterocycles. The predicted molar refractivity (Wildman–Crippen MR) is 197 cm³/mol. The Bertz CT molecular complexity index is 1710. The average molecular weight is 631 g/mol. The second-order valence-corrected chi connectivity index (χ2v) is 22.4. The number of hydrogen-bond acceptors (Lipinski definition) is 3. The fourth-order valence-electron chi connectivity index (χ4n) is 7.05. The number of fused-ring (bicyclic) bond motifs is 4. The van der Waals surface area contributed by atoms with E-state index in [1.54, 1.807) is 0 Å². The smallest absolute Gasteiger partial charge is 0.396 e. The second kappa shape index (κ2) is 12.3. The van der Waals surface area contributed by atoms with E-state index >= 15 is 0 Å². The van der Waals surface area contributed by atoms with Crippen molar-refractivity contribution in [1.82, 2.24) is 0 Å². The third-order valence-electron chi connectivity index (χ3n) is 9.50. The van der Waals surface area contributed by atoms with Crippen LogP contribution in [-0.2, 0) is 4.12 Å². The van der Waals surface area contributed by atoms with Crippen LogP contribution in [-0.4, -0.2) is 17.1 Å². The van der Waals surface area contributed by atoms with Gasteiger partial charge in [-0.25, -0.2) is 0 Å². The van der Waals surface area contributed by atoms with Crippen LogP contribution in [0.15, 0.2) is 109 Å². The quantitative estimate of drug-likeness (QED) is 0.111. The molecule has 0 bridgehead atoms. The first-order valence-electron chi connectivity index (χ1n) is 16.5. The van der Waals surface area contributed by atoms with Gasteiger partial charge in [-0.05, 0) is 33.7 Å². The largest absolute Gasteiger partial charge is 0.519 e. The van der Waals surface area contributed by atoms with E-state index in [0.29, 0.717) is 0 Å². The maximum atomic E-state index is 7.91. The van der Waals surface area contributed by atoms with Crippen molar-refractivity contribution < 1.29 is 13.0 Å². The van der Waals surface area contributed by atoms with E-state index in [2.05, 4.69) is 165 Å². The van der Waals surface area contributed by atoms with Gasteiger partial charge in [-0.2, -0.15) is 0 Å². The third kappa shape index (κ3) is 5.45. The summed E-state index contributed by atoms with van der Waals surface area (Å²) in [5.74, 6) is 1.87. The lowest BCUT2D eigenvalue weighted by Gasteiger charge is -2.48. The Morgan fingerprint density at radius 3 is 0.867 bits per heavy atom. The van der Waals surface area contributed by atoms with Crippen molar-refractivity contribution >= 4 is 60.2 Å². The number of benzene rings is 6. The van der Waals surface area contributed by atoms with Gasteiger partial charge in [0.25, 0.3) is 0 Å². The molecule has 0 aliphatic heterocycles. The molecule has 45 heavy (non-hydrogen) atoms. The van der Waals surface area contributed by atoms with Crippen LogP contribution in [0, 0.1) is 0 Å². The van der Waals surface area contributed by atoms with Crippen LogP contribution < -0.4 is 8.85 Å². The summed E-state index contributed by atoms with van der Waals surface area (Å²) in [6.07, 6.45) is 0. The van der Waals surface area contributed by atoms with Gasteiger partial charge in [-0.1, -0.05) is 152 Å². The molecule has 0 aromatic heterocycles. The second-order valence-electron chi connectivity index (χ2n) is 13.7. The zero-order valence-corrected chi connectivity index (χ0v) is 29.9. The summed E-state index contributed by atoms with van der Waals surface area (Å²) in [4.78, 5) is 0. The lowest BCUT2D eigenvalue weighted by atomic mass is 10.0. The van der Waals surface area contributed by atoms with Gasteiger partial charge >= 0.3 is 17.1 Å². The Hall–Kier alpha value is -3.65. The highest BCUT2D eigenvalue weighted by Crippen LogP contribution is 2.48. The molecule has 0 atom stereocenters. The van der Waals surface area contributed by atoms with Gasteiger partial charge in [0.05, 0.1) is 0 Å². The molecule has 0 spiro atoms. The zero-order chi connectivity index (χ0) is 31.9. The maximum Gasteiger partial charge on any atom is 0.396 e. The molecule has 0 fully saturated rings. The van der Waals surface area contributed by atoms with E-state index in [9.17, 15) is 0 Å². The van der Waals surface area contributed by atoms with Crippen molar-refractivity contribution in [3.63, 3.8) is 0 Å². The van der Waals surface area contributed by atoms with Crippen LogP contribution in [0.5, 0.6) is 11.5 Å². The number of rotatable bonds is 10. The molecule has 0 radical (unpaired) electrons. The first kappa shape index (κ1) is 31.3. The van der Waals surface area contributed by atoms with Crippen molar-refractivity contribution in [3.05, 3.63) is 109 Å². The first-order chi connectivity index (χ1) is 21.6. The summed E-state index contributed by atoms with van der Waals surface area (Å²) in [6, 6.07) is 38.8. The molecule has 0 aliphatic rings. The van der Waals surface area contributed by atoms with E-state index in [0.717, 1.165) is 33.0 Å². The van der Waals surface area contributed by atoms with Gasteiger partial charge in [0.1, 0.15) is 11.5 Å². The molecule has 6 aromatic rings. The Labute approximate surface area is 270 Å². The lowest BCUT2D eigenvalue weighted by molar-refractivity contribution is 0.278. The molecule has 6 rings (SSSR count). The van der Waals surface area contributed by atoms with Crippen molar-refractivity contribution in [3.8, 4) is 11.5 Å². The Morgan fingerprint density at radius 1 is 0.378 bits per heavy atom. The zero-order valence-electron chi connectivity index (χ0n) is 27.9. The van der Waals surface area contributed by atoms with Crippen LogP contribution in [0.4, 0.5) is 0 Å². The highest BCUT2D eigenvalue weighted by atomic mass is 28.5. The van der Waals surface area contributed by atoms with Gasteiger partial charge in [-0.3, -0.25) is 0 Å². The summed E-state index contributed by atoms with van der Waals surface area (Å²) in [6.45, 7) is 18.3. The van der Waals surface area contributed by atoms with Crippen LogP contribution in [0.3, 0.4) is 0 Å². The van der Waals surface area contributed by atoms with E-state index < -0.39 is 17.1 Å². The first-order valence-corrected chi connectivity index (χ1v) is 20.4. The van der Waals surface area contributed by atoms with Crippen molar-refractivity contribution in [1.29, 1.82) is 0 Å². The number of hydrogen-bond donors (Lipinski definition) is 0. The van der Waals surface area contributed by atoms with Crippen molar-refractivity contribution in [2.75, 3.05) is 0 Å². The van der Waals surface area contributed by atoms with Gasteiger partial charge in [-0.15, -0.1) is 0 Å². The molecule has 0 saturated carbocycles. The topological polar surface area (TPSA) is 27.7 Å².